The zero-order valence-electron chi connectivity index (χ0n) is 19.7. The van der Waals surface area contributed by atoms with Crippen LogP contribution in [0.3, 0.4) is 0 Å². The van der Waals surface area contributed by atoms with Crippen LogP contribution in [0.15, 0.2) is 9.41 Å². The molecular weight excluding hydrogens is 374 g/mol. The molecule has 170 valence electrons. The quantitative estimate of drug-likeness (QED) is 0.484. The van der Waals surface area contributed by atoms with Gasteiger partial charge in [-0.2, -0.15) is 0 Å². The highest BCUT2D eigenvalue weighted by Crippen LogP contribution is 2.27. The number of oxazole rings is 1. The molecule has 1 aliphatic heterocycles. The van der Waals surface area contributed by atoms with E-state index in [0.29, 0.717) is 12.0 Å². The minimum Gasteiger partial charge on any atom is -0.444 e. The van der Waals surface area contributed by atoms with Crippen molar-refractivity contribution in [2.24, 2.45) is 16.8 Å². The Morgan fingerprint density at radius 3 is 2.40 bits per heavy atom. The number of aromatic nitrogens is 1. The van der Waals surface area contributed by atoms with Crippen LogP contribution in [0.2, 0.25) is 0 Å². The Balaban J connectivity index is 1.41. The number of hydrogen-bond acceptors (Lipinski definition) is 4. The van der Waals surface area contributed by atoms with Crippen molar-refractivity contribution in [2.45, 2.75) is 91.6 Å². The molecule has 2 fully saturated rings. The van der Waals surface area contributed by atoms with E-state index in [4.69, 9.17) is 9.41 Å². The Bertz CT molecular complexity index is 635. The molecule has 1 aliphatic carbocycles. The molecule has 0 bridgehead atoms. The van der Waals surface area contributed by atoms with Crippen molar-refractivity contribution in [3.05, 3.63) is 17.3 Å². The van der Waals surface area contributed by atoms with E-state index in [9.17, 15) is 0 Å². The predicted molar refractivity (Wildman–Crippen MR) is 124 cm³/mol. The van der Waals surface area contributed by atoms with Gasteiger partial charge in [-0.3, -0.25) is 9.89 Å². The van der Waals surface area contributed by atoms with Crippen LogP contribution in [0.5, 0.6) is 0 Å². The molecule has 0 aromatic carbocycles. The molecule has 0 radical (unpaired) electrons. The van der Waals surface area contributed by atoms with Gasteiger partial charge >= 0.3 is 0 Å². The monoisotopic (exact) mass is 417 g/mol. The largest absolute Gasteiger partial charge is 0.444 e. The summed E-state index contributed by atoms with van der Waals surface area (Å²) < 4.78 is 5.75. The molecule has 0 atom stereocenters. The molecule has 1 saturated heterocycles. The first kappa shape index (κ1) is 23.1. The van der Waals surface area contributed by atoms with Crippen LogP contribution < -0.4 is 10.6 Å². The van der Waals surface area contributed by atoms with Gasteiger partial charge in [0.2, 0.25) is 5.89 Å². The van der Waals surface area contributed by atoms with Crippen molar-refractivity contribution in [1.29, 1.82) is 0 Å². The van der Waals surface area contributed by atoms with Crippen LogP contribution >= 0.6 is 0 Å². The van der Waals surface area contributed by atoms with Crippen molar-refractivity contribution < 1.29 is 4.42 Å². The maximum atomic E-state index is 5.75. The van der Waals surface area contributed by atoms with E-state index in [1.165, 1.54) is 51.4 Å². The zero-order valence-corrected chi connectivity index (χ0v) is 19.7. The molecule has 1 aromatic heterocycles. The second-order valence-corrected chi connectivity index (χ2v) is 9.34. The summed E-state index contributed by atoms with van der Waals surface area (Å²) in [4.78, 5) is 11.9. The van der Waals surface area contributed by atoms with Crippen LogP contribution in [0.4, 0.5) is 0 Å². The average Bonchev–Trinajstić information content (AvgIpc) is 3.06. The van der Waals surface area contributed by atoms with Gasteiger partial charge in [0.15, 0.2) is 5.96 Å². The lowest BCUT2D eigenvalue weighted by Crippen LogP contribution is -2.45. The van der Waals surface area contributed by atoms with Gasteiger partial charge < -0.3 is 15.1 Å². The van der Waals surface area contributed by atoms with Gasteiger partial charge in [0.05, 0.1) is 12.2 Å². The minimum absolute atomic E-state index is 0.588. The molecule has 30 heavy (non-hydrogen) atoms. The van der Waals surface area contributed by atoms with E-state index < -0.39 is 0 Å². The molecule has 0 amide bonds. The fourth-order valence-corrected chi connectivity index (χ4v) is 4.86. The normalized spacial score (nSPS) is 24.2. The van der Waals surface area contributed by atoms with Crippen LogP contribution in [0.25, 0.3) is 0 Å². The molecule has 2 N–H and O–H groups in total. The van der Waals surface area contributed by atoms with Crippen molar-refractivity contribution in [3.8, 4) is 0 Å². The summed E-state index contributed by atoms with van der Waals surface area (Å²) in [5, 5.41) is 7.18. The van der Waals surface area contributed by atoms with Crippen LogP contribution in [0, 0.1) is 25.7 Å². The van der Waals surface area contributed by atoms with E-state index in [1.807, 2.05) is 13.8 Å². The van der Waals surface area contributed by atoms with Crippen molar-refractivity contribution >= 4 is 5.96 Å². The Morgan fingerprint density at radius 1 is 1.07 bits per heavy atom. The van der Waals surface area contributed by atoms with Crippen LogP contribution in [-0.4, -0.2) is 48.1 Å². The highest BCUT2D eigenvalue weighted by molar-refractivity contribution is 5.80. The number of aryl methyl sites for hydroxylation is 2. The van der Waals surface area contributed by atoms with Crippen molar-refractivity contribution in [1.82, 2.24) is 20.5 Å². The number of nitrogens with one attached hydrogen (secondary N) is 2. The third-order valence-electron chi connectivity index (χ3n) is 6.88. The first-order valence-electron chi connectivity index (χ1n) is 12.3. The molecule has 2 heterocycles. The molecule has 6 nitrogen and oxygen atoms in total. The first-order valence-corrected chi connectivity index (χ1v) is 12.3. The Hall–Kier alpha value is -1.56. The first-order chi connectivity index (χ1) is 14.6. The third kappa shape index (κ3) is 7.00. The van der Waals surface area contributed by atoms with Gasteiger partial charge in [0.1, 0.15) is 5.76 Å². The number of nitrogens with zero attached hydrogens (tertiary/aromatic N) is 3. The molecule has 6 heteroatoms. The number of piperidine rings is 1. The van der Waals surface area contributed by atoms with E-state index >= 15 is 0 Å². The molecule has 3 rings (SSSR count). The van der Waals surface area contributed by atoms with Crippen molar-refractivity contribution in [2.75, 3.05) is 26.2 Å². The second-order valence-electron chi connectivity index (χ2n) is 9.34. The number of likely N-dealkylation sites (tertiary alicyclic amines) is 1. The highest BCUT2D eigenvalue weighted by Gasteiger charge is 2.23. The lowest BCUT2D eigenvalue weighted by Gasteiger charge is -2.31. The molecule has 1 aromatic rings. The summed E-state index contributed by atoms with van der Waals surface area (Å²) >= 11 is 0. The third-order valence-corrected chi connectivity index (χ3v) is 6.88. The van der Waals surface area contributed by atoms with Gasteiger partial charge in [-0.05, 0) is 84.2 Å². The van der Waals surface area contributed by atoms with E-state index in [1.54, 1.807) is 0 Å². The zero-order chi connectivity index (χ0) is 21.3. The Morgan fingerprint density at radius 2 is 1.80 bits per heavy atom. The fourth-order valence-electron chi connectivity index (χ4n) is 4.86. The molecular formula is C24H43N5O. The number of hydrogen-bond donors (Lipinski definition) is 2. The van der Waals surface area contributed by atoms with E-state index in [2.05, 4.69) is 34.4 Å². The number of aliphatic imine (C=N–C) groups is 1. The topological polar surface area (TPSA) is 65.7 Å². The second kappa shape index (κ2) is 11.7. The summed E-state index contributed by atoms with van der Waals surface area (Å²) in [6.45, 7) is 13.3. The van der Waals surface area contributed by atoms with Gasteiger partial charge in [-0.15, -0.1) is 0 Å². The average molecular weight is 418 g/mol. The molecule has 2 aliphatic rings. The standard InChI is InChI=1S/C24H43N5O/c1-5-7-20-8-10-22(11-9-20)28-24(25-6-2)26-16-21-12-14-29(15-13-21)17-23-27-18(3)19(4)30-23/h20-22H,5-17H2,1-4H3,(H2,25,26,28). The summed E-state index contributed by atoms with van der Waals surface area (Å²) in [5.41, 5.74) is 1.01. The van der Waals surface area contributed by atoms with Crippen molar-refractivity contribution in [3.63, 3.8) is 0 Å². The Kier molecular flexibility index (Phi) is 9.04. The van der Waals surface area contributed by atoms with E-state index in [0.717, 1.165) is 61.9 Å². The summed E-state index contributed by atoms with van der Waals surface area (Å²) in [5.74, 6) is 4.43. The lowest BCUT2D eigenvalue weighted by atomic mass is 9.83. The molecule has 1 saturated carbocycles. The van der Waals surface area contributed by atoms with Gasteiger partial charge in [-0.25, -0.2) is 4.98 Å². The maximum Gasteiger partial charge on any atom is 0.208 e. The summed E-state index contributed by atoms with van der Waals surface area (Å²) in [6.07, 6.45) is 10.4. The minimum atomic E-state index is 0.588. The molecule has 0 spiro atoms. The lowest BCUT2D eigenvalue weighted by molar-refractivity contribution is 0.166. The number of rotatable bonds is 8. The van der Waals surface area contributed by atoms with Gasteiger partial charge in [0.25, 0.3) is 0 Å². The SMILES string of the molecule is CCCC1CCC(NC(=NCC2CCN(Cc3nc(C)c(C)o3)CC2)NCC)CC1. The predicted octanol–water partition coefficient (Wildman–Crippen LogP) is 4.42. The van der Waals surface area contributed by atoms with Gasteiger partial charge in [0, 0.05) is 19.1 Å². The fraction of sp³-hybridized carbons (Fsp3) is 0.833. The van der Waals surface area contributed by atoms with E-state index in [-0.39, 0.29) is 0 Å². The molecule has 0 unspecified atom stereocenters. The Labute approximate surface area is 183 Å². The van der Waals surface area contributed by atoms with Crippen LogP contribution in [0.1, 0.15) is 82.6 Å². The highest BCUT2D eigenvalue weighted by atomic mass is 16.4. The number of guanidine groups is 1. The van der Waals surface area contributed by atoms with Gasteiger partial charge in [-0.1, -0.05) is 19.8 Å². The summed E-state index contributed by atoms with van der Waals surface area (Å²) in [7, 11) is 0. The summed E-state index contributed by atoms with van der Waals surface area (Å²) in [6, 6.07) is 0.588. The van der Waals surface area contributed by atoms with Crippen LogP contribution in [-0.2, 0) is 6.54 Å². The smallest absolute Gasteiger partial charge is 0.208 e. The maximum absolute atomic E-state index is 5.75.